The van der Waals surface area contributed by atoms with E-state index in [1.807, 2.05) is 0 Å². The van der Waals surface area contributed by atoms with Gasteiger partial charge >= 0.3 is 26.7 Å². The summed E-state index contributed by atoms with van der Waals surface area (Å²) in [5.74, 6) is 0. The number of hydrogen-bond acceptors (Lipinski definition) is 1. The third kappa shape index (κ3) is 77.4. The van der Waals surface area contributed by atoms with Gasteiger partial charge in [0.1, 0.15) is 0 Å². The van der Waals surface area contributed by atoms with Gasteiger partial charge in [0.05, 0.1) is 0 Å². The fourth-order valence-corrected chi connectivity index (χ4v) is 0. The summed E-state index contributed by atoms with van der Waals surface area (Å²) in [7, 11) is -4.64. The van der Waals surface area contributed by atoms with Crippen LogP contribution in [0.4, 0.5) is 13.2 Å². The van der Waals surface area contributed by atoms with Crippen molar-refractivity contribution in [2.75, 3.05) is 0 Å². The van der Waals surface area contributed by atoms with Gasteiger partial charge in [-0.05, 0) is 0 Å². The largest absolute Gasteiger partial charge is 1.00 e. The van der Waals surface area contributed by atoms with Crippen molar-refractivity contribution >= 4 is 7.82 Å². The van der Waals surface area contributed by atoms with E-state index < -0.39 is 14.0 Å². The molecule has 0 atom stereocenters. The molecule has 70 valence electrons. The SMILES string of the molecule is C[CH-]C(F)(F)F.O=P(O)(O)O.[Li+]. The minimum Gasteiger partial charge on any atom is -0.303 e. The van der Waals surface area contributed by atoms with E-state index in [2.05, 4.69) is 0 Å². The Kier molecular flexibility index (Phi) is 10.6. The van der Waals surface area contributed by atoms with E-state index in [1.54, 1.807) is 0 Å². The molecule has 4 nitrogen and oxygen atoms in total. The Morgan fingerprint density at radius 1 is 1.25 bits per heavy atom. The van der Waals surface area contributed by atoms with Crippen LogP contribution in [0.2, 0.25) is 0 Å². The quantitative estimate of drug-likeness (QED) is 0.238. The third-order valence-corrected chi connectivity index (χ3v) is 0.327. The molecule has 0 spiro atoms. The Bertz CT molecular complexity index is 135. The van der Waals surface area contributed by atoms with Gasteiger partial charge in [0.25, 0.3) is 6.18 Å². The van der Waals surface area contributed by atoms with E-state index in [-0.39, 0.29) is 25.3 Å². The van der Waals surface area contributed by atoms with Crippen molar-refractivity contribution in [2.24, 2.45) is 0 Å². The minimum atomic E-state index is -4.64. The van der Waals surface area contributed by atoms with Crippen LogP contribution in [-0.2, 0) is 4.57 Å². The van der Waals surface area contributed by atoms with Gasteiger partial charge in [-0.15, -0.1) is 0 Å². The van der Waals surface area contributed by atoms with Crippen LogP contribution in [0.5, 0.6) is 0 Å². The number of rotatable bonds is 0. The molecule has 0 fully saturated rings. The summed E-state index contributed by atoms with van der Waals surface area (Å²) in [6.45, 7) is 0.958. The second kappa shape index (κ2) is 6.95. The third-order valence-electron chi connectivity index (χ3n) is 0.327. The van der Waals surface area contributed by atoms with Gasteiger partial charge < -0.3 is 14.7 Å². The second-order valence-electron chi connectivity index (χ2n) is 1.34. The van der Waals surface area contributed by atoms with Crippen molar-refractivity contribution in [3.8, 4) is 0 Å². The van der Waals surface area contributed by atoms with Gasteiger partial charge in [-0.25, -0.2) is 24.2 Å². The van der Waals surface area contributed by atoms with E-state index in [9.17, 15) is 13.2 Å². The number of halogens is 3. The molecule has 0 saturated heterocycles. The van der Waals surface area contributed by atoms with Gasteiger partial charge in [0.15, 0.2) is 0 Å². The number of alkyl halides is 3. The van der Waals surface area contributed by atoms with Crippen LogP contribution in [0.1, 0.15) is 6.92 Å². The summed E-state index contributed by atoms with van der Waals surface area (Å²) in [5, 5.41) is 0. The molecule has 0 unspecified atom stereocenters. The van der Waals surface area contributed by atoms with Crippen LogP contribution >= 0.6 is 7.82 Å². The van der Waals surface area contributed by atoms with E-state index in [0.29, 0.717) is 0 Å². The molecule has 9 heteroatoms. The van der Waals surface area contributed by atoms with Crippen LogP contribution in [-0.4, -0.2) is 20.9 Å². The topological polar surface area (TPSA) is 77.8 Å². The average Bonchev–Trinajstić information content (AvgIpc) is 1.59. The molecular formula is C3H7F3LiO4P. The summed E-state index contributed by atoms with van der Waals surface area (Å²) < 4.78 is 41.1. The van der Waals surface area contributed by atoms with Crippen molar-refractivity contribution in [3.05, 3.63) is 6.42 Å². The van der Waals surface area contributed by atoms with Crippen LogP contribution in [0, 0.1) is 6.42 Å². The first-order valence-corrected chi connectivity index (χ1v) is 3.78. The van der Waals surface area contributed by atoms with E-state index >= 15 is 0 Å². The first-order valence-electron chi connectivity index (χ1n) is 2.22. The molecule has 0 heterocycles. The molecule has 0 aliphatic rings. The maximum atomic E-state index is 10.7. The van der Waals surface area contributed by atoms with Crippen molar-refractivity contribution in [1.82, 2.24) is 0 Å². The standard InChI is InChI=1S/C3H4F3.Li.H3O4P/c1-2-3(4,5)6;;1-5(2,3)4/h2H,1H3;;(H3,1,2,3,4)/q-1;+1;. The van der Waals surface area contributed by atoms with E-state index in [0.717, 1.165) is 6.92 Å². The summed E-state index contributed by atoms with van der Waals surface area (Å²) in [5.41, 5.74) is 0. The number of phosphoric acid groups is 1. The molecule has 0 bridgehead atoms. The minimum absolute atomic E-state index is 0. The van der Waals surface area contributed by atoms with Crippen molar-refractivity contribution in [2.45, 2.75) is 13.1 Å². The van der Waals surface area contributed by atoms with Crippen LogP contribution in [0.15, 0.2) is 0 Å². The summed E-state index contributed by atoms with van der Waals surface area (Å²) in [4.78, 5) is 21.6. The molecule has 0 rings (SSSR count). The summed E-state index contributed by atoms with van der Waals surface area (Å²) in [6.07, 6.45) is -3.90. The zero-order valence-electron chi connectivity index (χ0n) is 6.41. The molecule has 0 aromatic carbocycles. The molecule has 12 heavy (non-hydrogen) atoms. The zero-order chi connectivity index (χ0) is 9.71. The molecule has 0 aliphatic heterocycles. The fraction of sp³-hybridized carbons (Fsp3) is 0.667. The Balaban J connectivity index is -0.000000126. The predicted molar refractivity (Wildman–Crippen MR) is 30.3 cm³/mol. The number of hydrogen-bond donors (Lipinski definition) is 3. The van der Waals surface area contributed by atoms with Crippen LogP contribution in [0.25, 0.3) is 0 Å². The summed E-state index contributed by atoms with van der Waals surface area (Å²) in [6, 6.07) is 0. The van der Waals surface area contributed by atoms with E-state index in [1.165, 1.54) is 0 Å². The first kappa shape index (κ1) is 18.3. The molecule has 0 aromatic heterocycles. The van der Waals surface area contributed by atoms with Crippen molar-refractivity contribution < 1.29 is 51.3 Å². The normalized spacial score (nSPS) is 10.9. The Morgan fingerprint density at radius 2 is 1.33 bits per heavy atom. The molecule has 0 saturated carbocycles. The van der Waals surface area contributed by atoms with Crippen molar-refractivity contribution in [3.63, 3.8) is 0 Å². The second-order valence-corrected chi connectivity index (χ2v) is 2.37. The Hall–Kier alpha value is 0.497. The van der Waals surface area contributed by atoms with Gasteiger partial charge in [-0.2, -0.15) is 6.92 Å². The molecule has 0 radical (unpaired) electrons. The average molecular weight is 202 g/mol. The van der Waals surface area contributed by atoms with E-state index in [4.69, 9.17) is 19.2 Å². The van der Waals surface area contributed by atoms with Crippen LogP contribution < -0.4 is 18.9 Å². The molecule has 0 aliphatic carbocycles. The van der Waals surface area contributed by atoms with Gasteiger partial charge in [-0.1, -0.05) is 0 Å². The Morgan fingerprint density at radius 3 is 1.33 bits per heavy atom. The maximum absolute atomic E-state index is 10.7. The zero-order valence-corrected chi connectivity index (χ0v) is 7.30. The Labute approximate surface area is 79.2 Å². The first-order chi connectivity index (χ1) is 4.56. The van der Waals surface area contributed by atoms with Crippen molar-refractivity contribution in [1.29, 1.82) is 0 Å². The fourth-order valence-electron chi connectivity index (χ4n) is 0. The predicted octanol–water partition coefficient (Wildman–Crippen LogP) is -2.15. The van der Waals surface area contributed by atoms with Crippen LogP contribution in [0.3, 0.4) is 0 Å². The smallest absolute Gasteiger partial charge is 0.303 e. The van der Waals surface area contributed by atoms with Gasteiger partial charge in [0, 0.05) is 0 Å². The molecule has 3 N–H and O–H groups in total. The summed E-state index contributed by atoms with van der Waals surface area (Å²) >= 11 is 0. The monoisotopic (exact) mass is 202 g/mol. The molecule has 0 amide bonds. The van der Waals surface area contributed by atoms with Gasteiger partial charge in [0.2, 0.25) is 0 Å². The van der Waals surface area contributed by atoms with Gasteiger partial charge in [-0.3, -0.25) is 0 Å². The molecular weight excluding hydrogens is 195 g/mol. The molecule has 0 aromatic rings. The maximum Gasteiger partial charge on any atom is 1.00 e.